The fourth-order valence-corrected chi connectivity index (χ4v) is 1.99. The average Bonchev–Trinajstić information content (AvgIpc) is 2.51. The summed E-state index contributed by atoms with van der Waals surface area (Å²) in [7, 11) is 2.10. The Bertz CT molecular complexity index is 331. The Morgan fingerprint density at radius 2 is 2.38 bits per heavy atom. The van der Waals surface area contributed by atoms with Gasteiger partial charge in [-0.2, -0.15) is 8.75 Å². The van der Waals surface area contributed by atoms with E-state index in [-0.39, 0.29) is 0 Å². The molecule has 0 amide bonds. The van der Waals surface area contributed by atoms with E-state index in [0.29, 0.717) is 5.82 Å². The molecule has 13 heavy (non-hydrogen) atoms. The van der Waals surface area contributed by atoms with Gasteiger partial charge in [0, 0.05) is 13.1 Å². The Kier molecular flexibility index (Phi) is 2.28. The Morgan fingerprint density at radius 3 is 3.00 bits per heavy atom. The fraction of sp³-hybridized carbons (Fsp3) is 0.500. The fourth-order valence-electron chi connectivity index (χ4n) is 1.48. The Hall–Kier alpha value is -0.940. The van der Waals surface area contributed by atoms with E-state index in [1.165, 1.54) is 17.3 Å². The summed E-state index contributed by atoms with van der Waals surface area (Å²) in [5.74, 6) is 0.562. The number of nitrogens with zero attached hydrogens (tertiary/aromatic N) is 3. The summed E-state index contributed by atoms with van der Waals surface area (Å²) >= 11 is 1.18. The van der Waals surface area contributed by atoms with Gasteiger partial charge in [-0.3, -0.25) is 0 Å². The van der Waals surface area contributed by atoms with Gasteiger partial charge >= 0.3 is 0 Å². The van der Waals surface area contributed by atoms with Crippen molar-refractivity contribution in [2.75, 3.05) is 25.9 Å². The second kappa shape index (κ2) is 3.43. The zero-order valence-corrected chi connectivity index (χ0v) is 8.34. The van der Waals surface area contributed by atoms with E-state index in [1.807, 2.05) is 0 Å². The van der Waals surface area contributed by atoms with E-state index in [9.17, 15) is 0 Å². The molecule has 1 aliphatic rings. The summed E-state index contributed by atoms with van der Waals surface area (Å²) in [6.07, 6.45) is 3.27. The van der Waals surface area contributed by atoms with Gasteiger partial charge in [0.15, 0.2) is 5.82 Å². The molecule has 0 saturated heterocycles. The molecule has 4 nitrogen and oxygen atoms in total. The molecule has 2 rings (SSSR count). The Morgan fingerprint density at radius 1 is 1.54 bits per heavy atom. The predicted molar refractivity (Wildman–Crippen MR) is 54.4 cm³/mol. The highest BCUT2D eigenvalue weighted by atomic mass is 32.1. The van der Waals surface area contributed by atoms with Gasteiger partial charge in [-0.15, -0.1) is 0 Å². The highest BCUT2D eigenvalue weighted by Crippen LogP contribution is 2.22. The van der Waals surface area contributed by atoms with Crippen molar-refractivity contribution < 1.29 is 0 Å². The molecule has 5 heteroatoms. The number of hydrogen-bond donors (Lipinski definition) is 1. The van der Waals surface area contributed by atoms with E-state index >= 15 is 0 Å². The summed E-state index contributed by atoms with van der Waals surface area (Å²) in [4.78, 5) is 2.26. The lowest BCUT2D eigenvalue weighted by atomic mass is 10.1. The van der Waals surface area contributed by atoms with Crippen LogP contribution in [0.1, 0.15) is 12.1 Å². The van der Waals surface area contributed by atoms with E-state index in [4.69, 9.17) is 5.73 Å². The second-order valence-corrected chi connectivity index (χ2v) is 3.78. The molecule has 1 aliphatic heterocycles. The van der Waals surface area contributed by atoms with E-state index in [2.05, 4.69) is 26.8 Å². The first-order valence-electron chi connectivity index (χ1n) is 4.23. The zero-order chi connectivity index (χ0) is 9.26. The van der Waals surface area contributed by atoms with Crippen LogP contribution < -0.4 is 5.73 Å². The maximum Gasteiger partial charge on any atom is 0.165 e. The van der Waals surface area contributed by atoms with Crippen molar-refractivity contribution in [3.05, 3.63) is 11.8 Å². The van der Waals surface area contributed by atoms with Gasteiger partial charge in [-0.05, 0) is 19.0 Å². The van der Waals surface area contributed by atoms with E-state index < -0.39 is 0 Å². The standard InChI is InChI=1S/C8H12N4S/c1-12-4-2-3-6(5-12)7-8(9)11-13-10-7/h3H,2,4-5H2,1H3,(H2,9,11). The zero-order valence-electron chi connectivity index (χ0n) is 7.53. The molecule has 0 fully saturated rings. The second-order valence-electron chi connectivity index (χ2n) is 3.25. The SMILES string of the molecule is CN1CCC=C(c2nsnc2N)C1. The molecule has 0 aromatic carbocycles. The third-order valence-electron chi connectivity index (χ3n) is 2.16. The normalized spacial score (nSPS) is 18.7. The predicted octanol–water partition coefficient (Wildman–Crippen LogP) is 0.839. The third kappa shape index (κ3) is 1.71. The third-order valence-corrected chi connectivity index (χ3v) is 2.70. The van der Waals surface area contributed by atoms with Crippen LogP contribution in [0, 0.1) is 0 Å². The molecule has 0 aliphatic carbocycles. The van der Waals surface area contributed by atoms with Crippen molar-refractivity contribution >= 4 is 23.1 Å². The molecular formula is C8H12N4S. The van der Waals surface area contributed by atoms with Crippen LogP contribution in [0.3, 0.4) is 0 Å². The van der Waals surface area contributed by atoms with Crippen molar-refractivity contribution in [3.8, 4) is 0 Å². The number of likely N-dealkylation sites (N-methyl/N-ethyl adjacent to an activating group) is 1. The monoisotopic (exact) mass is 196 g/mol. The molecular weight excluding hydrogens is 184 g/mol. The lowest BCUT2D eigenvalue weighted by molar-refractivity contribution is 0.372. The topological polar surface area (TPSA) is 55.0 Å². The van der Waals surface area contributed by atoms with Crippen LogP contribution in [0.4, 0.5) is 5.82 Å². The van der Waals surface area contributed by atoms with Gasteiger partial charge in [0.2, 0.25) is 0 Å². The van der Waals surface area contributed by atoms with Gasteiger partial charge in [-0.1, -0.05) is 6.08 Å². The minimum atomic E-state index is 0.562. The number of rotatable bonds is 1. The minimum Gasteiger partial charge on any atom is -0.381 e. The van der Waals surface area contributed by atoms with Gasteiger partial charge in [-0.25, -0.2) is 0 Å². The molecule has 0 radical (unpaired) electrons. The van der Waals surface area contributed by atoms with Crippen molar-refractivity contribution in [2.24, 2.45) is 0 Å². The van der Waals surface area contributed by atoms with Crippen LogP contribution >= 0.6 is 11.7 Å². The number of hydrogen-bond acceptors (Lipinski definition) is 5. The van der Waals surface area contributed by atoms with Crippen LogP contribution in [0.25, 0.3) is 5.57 Å². The lowest BCUT2D eigenvalue weighted by Crippen LogP contribution is -2.25. The molecule has 0 spiro atoms. The van der Waals surface area contributed by atoms with E-state index in [1.54, 1.807) is 0 Å². The number of nitrogens with two attached hydrogens (primary N) is 1. The summed E-state index contributed by atoms with van der Waals surface area (Å²) in [6.45, 7) is 2.04. The Labute approximate surface area is 81.4 Å². The molecule has 1 aromatic rings. The van der Waals surface area contributed by atoms with Gasteiger partial charge in [0.25, 0.3) is 0 Å². The first-order valence-corrected chi connectivity index (χ1v) is 4.96. The molecule has 1 aromatic heterocycles. The highest BCUT2D eigenvalue weighted by molar-refractivity contribution is 6.99. The van der Waals surface area contributed by atoms with Crippen molar-refractivity contribution in [1.82, 2.24) is 13.6 Å². The van der Waals surface area contributed by atoms with Crippen LogP contribution in [-0.2, 0) is 0 Å². The minimum absolute atomic E-state index is 0.562. The first kappa shape index (κ1) is 8.65. The molecule has 0 saturated carbocycles. The average molecular weight is 196 g/mol. The largest absolute Gasteiger partial charge is 0.381 e. The maximum absolute atomic E-state index is 5.69. The molecule has 2 N–H and O–H groups in total. The summed E-state index contributed by atoms with van der Waals surface area (Å²) in [5.41, 5.74) is 7.77. The van der Waals surface area contributed by atoms with Gasteiger partial charge in [0.05, 0.1) is 11.7 Å². The van der Waals surface area contributed by atoms with Crippen LogP contribution in [-0.4, -0.2) is 33.8 Å². The van der Waals surface area contributed by atoms with E-state index in [0.717, 1.165) is 25.2 Å². The van der Waals surface area contributed by atoms with Gasteiger partial charge in [0.1, 0.15) is 5.69 Å². The smallest absolute Gasteiger partial charge is 0.165 e. The number of anilines is 1. The molecule has 0 bridgehead atoms. The van der Waals surface area contributed by atoms with Crippen molar-refractivity contribution in [1.29, 1.82) is 0 Å². The quantitative estimate of drug-likeness (QED) is 0.723. The van der Waals surface area contributed by atoms with Crippen molar-refractivity contribution in [2.45, 2.75) is 6.42 Å². The van der Waals surface area contributed by atoms with Gasteiger partial charge < -0.3 is 10.6 Å². The maximum atomic E-state index is 5.69. The lowest BCUT2D eigenvalue weighted by Gasteiger charge is -2.21. The van der Waals surface area contributed by atoms with Crippen LogP contribution in [0.15, 0.2) is 6.08 Å². The molecule has 2 heterocycles. The molecule has 0 unspecified atom stereocenters. The number of aromatic nitrogens is 2. The summed E-state index contributed by atoms with van der Waals surface area (Å²) in [6, 6.07) is 0. The van der Waals surface area contributed by atoms with Crippen LogP contribution in [0.5, 0.6) is 0 Å². The molecule has 0 atom stereocenters. The van der Waals surface area contributed by atoms with Crippen LogP contribution in [0.2, 0.25) is 0 Å². The number of nitrogen functional groups attached to an aromatic ring is 1. The Balaban J connectivity index is 2.26. The summed E-state index contributed by atoms with van der Waals surface area (Å²) in [5, 5.41) is 0. The van der Waals surface area contributed by atoms with Crippen molar-refractivity contribution in [3.63, 3.8) is 0 Å². The summed E-state index contributed by atoms with van der Waals surface area (Å²) < 4.78 is 8.15. The highest BCUT2D eigenvalue weighted by Gasteiger charge is 2.15. The molecule has 70 valence electrons. The first-order chi connectivity index (χ1) is 6.27.